The normalized spacial score (nSPS) is 35.8. The Labute approximate surface area is 618 Å². The molecule has 13 fully saturated rings. The average Bonchev–Trinajstić information content (AvgIpc) is 1.53. The molecule has 0 aromatic carbocycles. The molecule has 13 aliphatic rings. The zero-order valence-electron chi connectivity index (χ0n) is 60.6. The summed E-state index contributed by atoms with van der Waals surface area (Å²) in [5.74, 6) is 11.1. The highest BCUT2D eigenvalue weighted by molar-refractivity contribution is 6.65. The number of fused-ring (bicyclic) bond motifs is 27. The van der Waals surface area contributed by atoms with Crippen molar-refractivity contribution in [3.8, 4) is 0 Å². The van der Waals surface area contributed by atoms with Gasteiger partial charge in [0.2, 0.25) is 0 Å². The van der Waals surface area contributed by atoms with Crippen LogP contribution < -0.4 is 0 Å². The van der Waals surface area contributed by atoms with E-state index in [1.807, 2.05) is 39.3 Å². The molecule has 0 N–H and O–H groups in total. The summed E-state index contributed by atoms with van der Waals surface area (Å²) in [7, 11) is 5.10. The lowest BCUT2D eigenvalue weighted by Crippen LogP contribution is -2.60. The maximum atomic E-state index is 13.7. The van der Waals surface area contributed by atoms with Crippen molar-refractivity contribution in [1.82, 2.24) is 0 Å². The van der Waals surface area contributed by atoms with Gasteiger partial charge in [0.15, 0.2) is 18.0 Å². The quantitative estimate of drug-likeness (QED) is 0.0338. The van der Waals surface area contributed by atoms with E-state index < -0.39 is 93.1 Å². The van der Waals surface area contributed by atoms with E-state index in [9.17, 15) is 52.7 Å². The summed E-state index contributed by atoms with van der Waals surface area (Å²) < 4.78 is 224. The van der Waals surface area contributed by atoms with Gasteiger partial charge in [-0.15, -0.1) is 0 Å². The fraction of sp³-hybridized carbons (Fsp3) is 1.00. The standard InChI is InChI=1S/C20H29F3O2.C19H26F6O2.C19H29F3O2.3C4H12O2Si.6CH4/c21-20(22,23)16(25-17-3-1-2-6-24-17)10-13-8-14-9-15(13)19-12-5-4-11(7-12)18(14)19;1-2-26-9-27-17(18(20,21)22,19(23,24)25)8-13-6-12-7-14(13)16-11-4-3-10(5-11)15(12)16;1-3-23-10-24-18(2,19(20,21)22)9-14-7-13-8-15(14)17-12-5-4-11(6-12)16(13)17;3*1-5-7(3,4)6-2;;;;;;/h11-19H,1-10H2;10-16H,2-9H2,1H3;11-17H,3-10H2,1-2H3;3*1-4H3;6*1H4. The molecule has 0 radical (unpaired) electrons. The number of hydrogen-bond donors (Lipinski definition) is 0. The van der Waals surface area contributed by atoms with Crippen molar-refractivity contribution in [3.05, 3.63) is 0 Å². The molecule has 12 bridgehead atoms. The first-order chi connectivity index (χ1) is 45.3. The smallest absolute Gasteiger partial charge is 0.398 e. The molecule has 13 rings (SSSR count). The molecule has 0 amide bonds. The lowest BCUT2D eigenvalue weighted by Gasteiger charge is -2.43. The van der Waals surface area contributed by atoms with E-state index in [0.29, 0.717) is 79.3 Å². The Bertz CT molecular complexity index is 2360. The van der Waals surface area contributed by atoms with E-state index >= 15 is 0 Å². The largest absolute Gasteiger partial charge is 0.426 e. The van der Waals surface area contributed by atoms with Gasteiger partial charge in [0.25, 0.3) is 5.60 Å². The third-order valence-corrected chi connectivity index (χ3v) is 32.8. The first kappa shape index (κ1) is 98.4. The Morgan fingerprint density at radius 3 is 1.02 bits per heavy atom. The van der Waals surface area contributed by atoms with Crippen LogP contribution in [-0.4, -0.2) is 150 Å². The van der Waals surface area contributed by atoms with Crippen LogP contribution in [0.25, 0.3) is 0 Å². The number of halogens is 12. The molecule has 1 aliphatic heterocycles. The van der Waals surface area contributed by atoms with Gasteiger partial charge in [-0.25, -0.2) is 0 Å². The van der Waals surface area contributed by atoms with E-state index in [1.54, 1.807) is 49.6 Å². The lowest BCUT2D eigenvalue weighted by atomic mass is 9.65. The molecule has 0 aromatic rings. The molecule has 24 atom stereocenters. The van der Waals surface area contributed by atoms with Crippen molar-refractivity contribution in [2.24, 2.45) is 124 Å². The number of alkyl halides is 12. The minimum absolute atomic E-state index is 0. The van der Waals surface area contributed by atoms with Crippen molar-refractivity contribution < 1.29 is 108 Å². The van der Waals surface area contributed by atoms with E-state index in [1.165, 1.54) is 71.6 Å². The van der Waals surface area contributed by atoms with Crippen LogP contribution >= 0.6 is 0 Å². The molecule has 24 unspecified atom stereocenters. The molecule has 103 heavy (non-hydrogen) atoms. The van der Waals surface area contributed by atoms with Crippen LogP contribution in [0, 0.1) is 124 Å². The van der Waals surface area contributed by atoms with E-state index in [4.69, 9.17) is 50.2 Å². The topological polar surface area (TPSA) is 111 Å². The van der Waals surface area contributed by atoms with Crippen LogP contribution in [0.2, 0.25) is 39.3 Å². The predicted octanol–water partition coefficient (Wildman–Crippen LogP) is 22.5. The maximum Gasteiger partial charge on any atom is 0.426 e. The highest BCUT2D eigenvalue weighted by Gasteiger charge is 2.75. The Balaban J connectivity index is 0.000000449. The zero-order chi connectivity index (χ0) is 71.6. The fourth-order valence-corrected chi connectivity index (χ4v) is 22.4. The monoisotopic (exact) mass is 1560 g/mol. The van der Waals surface area contributed by atoms with Gasteiger partial charge in [0, 0.05) is 62.5 Å². The van der Waals surface area contributed by atoms with Gasteiger partial charge < -0.3 is 55.0 Å². The van der Waals surface area contributed by atoms with Gasteiger partial charge in [-0.05, 0) is 319 Å². The van der Waals surface area contributed by atoms with Crippen molar-refractivity contribution in [2.45, 2.75) is 288 Å². The molecular formula is C76H144F12O12Si3. The second-order valence-electron chi connectivity index (χ2n) is 32.5. The van der Waals surface area contributed by atoms with Crippen LogP contribution in [-0.2, 0) is 55.0 Å². The maximum absolute atomic E-state index is 13.7. The SMILES string of the molecule is C.C.C.C.C.C.CCOCOC(C)(CC1CC2CC1C1C3CCC(C3)C21)C(F)(F)F.CCOCOC(CC1CC2CC1C1C3CCC(C3)C21)(C(F)(F)F)C(F)(F)F.CO[Si](C)(C)OC.CO[Si](C)(C)OC.CO[Si](C)(C)OC.FC(F)(F)C(CC1CC2CC1C1C3CCC(C3)C21)OC1CCCCO1. The highest BCUT2D eigenvalue weighted by Crippen LogP contribution is 2.73. The van der Waals surface area contributed by atoms with E-state index in [-0.39, 0.29) is 88.6 Å². The van der Waals surface area contributed by atoms with Crippen molar-refractivity contribution in [3.63, 3.8) is 0 Å². The summed E-state index contributed by atoms with van der Waals surface area (Å²) in [4.78, 5) is 0. The molecule has 1 saturated heterocycles. The second kappa shape index (κ2) is 39.7. The Morgan fingerprint density at radius 2 is 0.718 bits per heavy atom. The van der Waals surface area contributed by atoms with Gasteiger partial charge in [-0.1, -0.05) is 44.6 Å². The Hall–Kier alpha value is -0.669. The minimum Gasteiger partial charge on any atom is -0.398 e. The van der Waals surface area contributed by atoms with Crippen molar-refractivity contribution >= 4 is 25.7 Å². The third-order valence-electron chi connectivity index (χ3n) is 26.9. The van der Waals surface area contributed by atoms with E-state index in [2.05, 4.69) is 4.74 Å². The minimum atomic E-state index is -5.53. The van der Waals surface area contributed by atoms with Crippen LogP contribution in [0.5, 0.6) is 0 Å². The van der Waals surface area contributed by atoms with Crippen molar-refractivity contribution in [2.75, 3.05) is 76.1 Å². The number of ether oxygens (including phenoxy) is 6. The summed E-state index contributed by atoms with van der Waals surface area (Å²) in [6.45, 7) is 16.0. The first-order valence-electron chi connectivity index (χ1n) is 36.6. The molecule has 12 saturated carbocycles. The van der Waals surface area contributed by atoms with Crippen LogP contribution in [0.4, 0.5) is 52.7 Å². The lowest BCUT2D eigenvalue weighted by molar-refractivity contribution is -0.398. The fourth-order valence-electron chi connectivity index (χ4n) is 21.9. The zero-order valence-corrected chi connectivity index (χ0v) is 63.6. The highest BCUT2D eigenvalue weighted by atomic mass is 28.4. The second-order valence-corrected chi connectivity index (χ2v) is 43.4. The van der Waals surface area contributed by atoms with Crippen molar-refractivity contribution in [1.29, 1.82) is 0 Å². The number of hydrogen-bond acceptors (Lipinski definition) is 12. The molecule has 12 nitrogen and oxygen atoms in total. The van der Waals surface area contributed by atoms with Crippen LogP contribution in [0.3, 0.4) is 0 Å². The first-order valence-corrected chi connectivity index (χ1v) is 45.0. The number of rotatable bonds is 22. The van der Waals surface area contributed by atoms with Gasteiger partial charge in [0.1, 0.15) is 13.6 Å². The molecule has 616 valence electrons. The van der Waals surface area contributed by atoms with E-state index in [0.717, 1.165) is 92.3 Å². The molecule has 27 heteroatoms. The Kier molecular flexibility index (Phi) is 37.9. The molecule has 12 aliphatic carbocycles. The van der Waals surface area contributed by atoms with Crippen LogP contribution in [0.1, 0.15) is 200 Å². The summed E-state index contributed by atoms with van der Waals surface area (Å²) in [5.41, 5.74) is -6.22. The van der Waals surface area contributed by atoms with Gasteiger partial charge >= 0.3 is 50.4 Å². The molecule has 0 aromatic heterocycles. The molecular weight excluding hydrogens is 1420 g/mol. The average molecular weight is 1560 g/mol. The summed E-state index contributed by atoms with van der Waals surface area (Å²) >= 11 is 0. The third kappa shape index (κ3) is 22.4. The summed E-state index contributed by atoms with van der Waals surface area (Å²) in [5, 5.41) is 0. The predicted molar refractivity (Wildman–Crippen MR) is 390 cm³/mol. The van der Waals surface area contributed by atoms with Crippen LogP contribution in [0.15, 0.2) is 0 Å². The van der Waals surface area contributed by atoms with Gasteiger partial charge in [0.05, 0.1) is 0 Å². The summed E-state index contributed by atoms with van der Waals surface area (Å²) in [6, 6.07) is 0. The van der Waals surface area contributed by atoms with Gasteiger partial charge in [-0.3, -0.25) is 0 Å². The molecule has 1 heterocycles. The summed E-state index contributed by atoms with van der Waals surface area (Å²) in [6.07, 6.45) is -3.19. The van der Waals surface area contributed by atoms with Gasteiger partial charge in [-0.2, -0.15) is 52.7 Å². The Morgan fingerprint density at radius 1 is 0.388 bits per heavy atom. The molecule has 0 spiro atoms.